The molecule has 5 nitrogen and oxygen atoms in total. The largest absolute Gasteiger partial charge is 0.394 e. The van der Waals surface area contributed by atoms with Crippen molar-refractivity contribution in [1.29, 1.82) is 0 Å². The molecular formula is C30H58FN3O2. The van der Waals surface area contributed by atoms with Gasteiger partial charge in [0.15, 0.2) is 0 Å². The van der Waals surface area contributed by atoms with Crippen molar-refractivity contribution >= 4 is 0 Å². The van der Waals surface area contributed by atoms with Gasteiger partial charge in [-0.2, -0.15) is 0 Å². The summed E-state index contributed by atoms with van der Waals surface area (Å²) in [6, 6.07) is -0.780. The van der Waals surface area contributed by atoms with Gasteiger partial charge in [0, 0.05) is 6.20 Å². The minimum atomic E-state index is -1.36. The molecule has 1 rings (SSSR count). The van der Waals surface area contributed by atoms with Crippen LogP contribution in [0.4, 0.5) is 4.39 Å². The highest BCUT2D eigenvalue weighted by molar-refractivity contribution is 4.95. The number of halogens is 1. The van der Waals surface area contributed by atoms with Crippen LogP contribution in [-0.4, -0.2) is 44.1 Å². The molecule has 1 aromatic rings. The van der Waals surface area contributed by atoms with Gasteiger partial charge in [-0.25, -0.2) is 9.07 Å². The lowest BCUT2D eigenvalue weighted by molar-refractivity contribution is 0.00308. The molecule has 212 valence electrons. The van der Waals surface area contributed by atoms with Crippen molar-refractivity contribution in [1.82, 2.24) is 15.0 Å². The molecule has 0 fully saturated rings. The van der Waals surface area contributed by atoms with Crippen molar-refractivity contribution in [2.75, 3.05) is 6.61 Å². The monoisotopic (exact) mass is 511 g/mol. The van der Waals surface area contributed by atoms with E-state index in [1.807, 2.05) is 0 Å². The summed E-state index contributed by atoms with van der Waals surface area (Å²) in [5.74, 6) is 0. The zero-order valence-corrected chi connectivity index (χ0v) is 23.7. The number of unbranched alkanes of at least 4 members (excludes halogenated alkanes) is 18. The zero-order chi connectivity index (χ0) is 26.3. The summed E-state index contributed by atoms with van der Waals surface area (Å²) in [6.45, 7) is 4.14. The smallest absolute Gasteiger partial charge is 0.128 e. The maximum atomic E-state index is 14.7. The number of aliphatic hydroxyl groups excluding tert-OH is 2. The zero-order valence-electron chi connectivity index (χ0n) is 23.7. The third kappa shape index (κ3) is 16.0. The number of rotatable bonds is 26. The van der Waals surface area contributed by atoms with Crippen molar-refractivity contribution in [3.8, 4) is 0 Å². The van der Waals surface area contributed by atoms with Gasteiger partial charge in [-0.05, 0) is 19.3 Å². The molecule has 0 aliphatic heterocycles. The highest BCUT2D eigenvalue weighted by Gasteiger charge is 2.29. The van der Waals surface area contributed by atoms with Crippen LogP contribution in [0.2, 0.25) is 0 Å². The molecule has 0 radical (unpaired) electrons. The minimum Gasteiger partial charge on any atom is -0.394 e. The number of hydrogen-bond donors (Lipinski definition) is 2. The third-order valence-corrected chi connectivity index (χ3v) is 7.47. The molecule has 2 N–H and O–H groups in total. The van der Waals surface area contributed by atoms with Crippen LogP contribution < -0.4 is 0 Å². The van der Waals surface area contributed by atoms with Crippen LogP contribution in [-0.2, 0) is 6.42 Å². The van der Waals surface area contributed by atoms with E-state index in [2.05, 4.69) is 24.2 Å². The molecule has 0 aliphatic rings. The van der Waals surface area contributed by atoms with Crippen LogP contribution in [0.3, 0.4) is 0 Å². The Labute approximate surface area is 221 Å². The van der Waals surface area contributed by atoms with Crippen LogP contribution in [0.25, 0.3) is 0 Å². The van der Waals surface area contributed by atoms with Crippen LogP contribution in [0.5, 0.6) is 0 Å². The minimum absolute atomic E-state index is 0.328. The molecule has 0 aromatic carbocycles. The molecule has 1 heterocycles. The Kier molecular flexibility index (Phi) is 21.2. The van der Waals surface area contributed by atoms with E-state index in [4.69, 9.17) is 0 Å². The first-order valence-corrected chi connectivity index (χ1v) is 15.5. The van der Waals surface area contributed by atoms with Gasteiger partial charge in [-0.3, -0.25) is 0 Å². The van der Waals surface area contributed by atoms with Crippen molar-refractivity contribution < 1.29 is 14.6 Å². The molecule has 3 atom stereocenters. The fourth-order valence-corrected chi connectivity index (χ4v) is 4.97. The van der Waals surface area contributed by atoms with Gasteiger partial charge < -0.3 is 10.2 Å². The molecule has 36 heavy (non-hydrogen) atoms. The average molecular weight is 512 g/mol. The van der Waals surface area contributed by atoms with E-state index in [-0.39, 0.29) is 6.61 Å². The second kappa shape index (κ2) is 23.1. The van der Waals surface area contributed by atoms with E-state index in [0.717, 1.165) is 37.8 Å². The Morgan fingerprint density at radius 2 is 1.17 bits per heavy atom. The Bertz CT molecular complexity index is 599. The van der Waals surface area contributed by atoms with Gasteiger partial charge in [0.2, 0.25) is 0 Å². The van der Waals surface area contributed by atoms with Crippen molar-refractivity contribution in [2.45, 2.75) is 173 Å². The van der Waals surface area contributed by atoms with Gasteiger partial charge in [-0.1, -0.05) is 141 Å². The highest BCUT2D eigenvalue weighted by Crippen LogP contribution is 2.21. The summed E-state index contributed by atoms with van der Waals surface area (Å²) in [7, 11) is 0. The predicted octanol–water partition coefficient (Wildman–Crippen LogP) is 8.28. The molecule has 0 unspecified atom stereocenters. The molecule has 0 aliphatic carbocycles. The van der Waals surface area contributed by atoms with Crippen molar-refractivity contribution in [3.63, 3.8) is 0 Å². The van der Waals surface area contributed by atoms with Crippen LogP contribution in [0.1, 0.15) is 160 Å². The first kappa shape index (κ1) is 33.0. The van der Waals surface area contributed by atoms with Crippen LogP contribution >= 0.6 is 0 Å². The molecule has 0 spiro atoms. The first-order valence-electron chi connectivity index (χ1n) is 15.5. The fraction of sp³-hybridized carbons (Fsp3) is 0.933. The number of aliphatic hydroxyl groups is 2. The van der Waals surface area contributed by atoms with Crippen molar-refractivity contribution in [2.24, 2.45) is 0 Å². The summed E-state index contributed by atoms with van der Waals surface area (Å²) in [5.41, 5.74) is 0.850. The maximum Gasteiger partial charge on any atom is 0.128 e. The van der Waals surface area contributed by atoms with E-state index in [0.29, 0.717) is 6.42 Å². The summed E-state index contributed by atoms with van der Waals surface area (Å²) in [6.07, 6.45) is 25.2. The molecule has 0 saturated heterocycles. The third-order valence-electron chi connectivity index (χ3n) is 7.47. The van der Waals surface area contributed by atoms with E-state index < -0.39 is 18.3 Å². The maximum absolute atomic E-state index is 14.7. The number of aryl methyl sites for hydroxylation is 1. The van der Waals surface area contributed by atoms with Crippen LogP contribution in [0.15, 0.2) is 6.20 Å². The lowest BCUT2D eigenvalue weighted by Gasteiger charge is -2.23. The molecule has 0 amide bonds. The first-order chi connectivity index (χ1) is 17.6. The fourth-order valence-electron chi connectivity index (χ4n) is 4.97. The predicted molar refractivity (Wildman–Crippen MR) is 149 cm³/mol. The molecule has 1 aromatic heterocycles. The lowest BCUT2D eigenvalue weighted by Crippen LogP contribution is -2.35. The van der Waals surface area contributed by atoms with Crippen molar-refractivity contribution in [3.05, 3.63) is 11.9 Å². The Morgan fingerprint density at radius 3 is 1.64 bits per heavy atom. The van der Waals surface area contributed by atoms with E-state index in [1.54, 1.807) is 6.20 Å². The summed E-state index contributed by atoms with van der Waals surface area (Å²) < 4.78 is 16.2. The highest BCUT2D eigenvalue weighted by atomic mass is 19.1. The average Bonchev–Trinajstić information content (AvgIpc) is 3.35. The van der Waals surface area contributed by atoms with Gasteiger partial charge >= 0.3 is 0 Å². The van der Waals surface area contributed by atoms with E-state index >= 15 is 0 Å². The quantitative estimate of drug-likeness (QED) is 0.123. The standard InChI is InChI=1S/C30H58FN3O2/c1-3-5-7-9-11-13-14-15-16-18-20-22-24-28(31)30(36)29(26-35)34-25-27(32-33-34)23-21-19-17-12-10-8-6-4-2/h25,28-30,35-36H,3-24,26H2,1-2H3/t28-,29+,30-/m0/s1. The Balaban J connectivity index is 2.16. The molecular weight excluding hydrogens is 453 g/mol. The topological polar surface area (TPSA) is 71.2 Å². The van der Waals surface area contributed by atoms with Gasteiger partial charge in [-0.15, -0.1) is 5.10 Å². The normalized spacial score (nSPS) is 14.2. The van der Waals surface area contributed by atoms with Gasteiger partial charge in [0.1, 0.15) is 18.3 Å². The second-order valence-electron chi connectivity index (χ2n) is 10.8. The number of alkyl halides is 1. The molecule has 6 heteroatoms. The van der Waals surface area contributed by atoms with Gasteiger partial charge in [0.25, 0.3) is 0 Å². The number of aromatic nitrogens is 3. The summed E-state index contributed by atoms with van der Waals surface area (Å²) in [4.78, 5) is 0. The van der Waals surface area contributed by atoms with Crippen LogP contribution in [0, 0.1) is 0 Å². The van der Waals surface area contributed by atoms with E-state index in [9.17, 15) is 14.6 Å². The van der Waals surface area contributed by atoms with E-state index in [1.165, 1.54) is 107 Å². The summed E-state index contributed by atoms with van der Waals surface area (Å²) in [5, 5.41) is 28.6. The second-order valence-corrected chi connectivity index (χ2v) is 10.8. The Morgan fingerprint density at radius 1 is 0.722 bits per heavy atom. The lowest BCUT2D eigenvalue weighted by atomic mass is 10.0. The molecule has 0 bridgehead atoms. The summed E-state index contributed by atoms with van der Waals surface area (Å²) >= 11 is 0. The SMILES string of the molecule is CCCCCCCCCCCCCC[C@H](F)[C@H](O)[C@@H](CO)n1cc(CCCCCCCCCC)nn1. The Hall–Kier alpha value is -1.01. The number of nitrogens with zero attached hydrogens (tertiary/aromatic N) is 3. The molecule has 0 saturated carbocycles. The number of hydrogen-bond acceptors (Lipinski definition) is 4. The van der Waals surface area contributed by atoms with Gasteiger partial charge in [0.05, 0.1) is 12.3 Å².